The molecule has 102 valence electrons. The Morgan fingerprint density at radius 3 is 2.68 bits per heavy atom. The highest BCUT2D eigenvalue weighted by Crippen LogP contribution is 2.13. The van der Waals surface area contributed by atoms with Crippen LogP contribution in [0.15, 0.2) is 17.1 Å². The van der Waals surface area contributed by atoms with Crippen molar-refractivity contribution in [3.05, 3.63) is 28.3 Å². The van der Waals surface area contributed by atoms with Crippen molar-refractivity contribution in [3.8, 4) is 0 Å². The molecule has 0 amide bonds. The molecule has 0 bridgehead atoms. The average molecular weight is 280 g/mol. The van der Waals surface area contributed by atoms with Crippen LogP contribution in [0.1, 0.15) is 19.5 Å². The zero-order valence-electron chi connectivity index (χ0n) is 10.9. The van der Waals surface area contributed by atoms with Gasteiger partial charge >= 0.3 is 0 Å². The maximum atomic E-state index is 12.0. The summed E-state index contributed by atoms with van der Waals surface area (Å²) in [5, 5.41) is 8.55. The normalized spacial score (nSPS) is 10.6. The fraction of sp³-hybridized carbons (Fsp3) is 0.455. The Morgan fingerprint density at radius 1 is 1.42 bits per heavy atom. The third-order valence-corrected chi connectivity index (χ3v) is 3.46. The summed E-state index contributed by atoms with van der Waals surface area (Å²) < 4.78 is 5.07. The van der Waals surface area contributed by atoms with Gasteiger partial charge in [0.05, 0.1) is 18.4 Å². The average Bonchev–Trinajstić information content (AvgIpc) is 2.80. The van der Waals surface area contributed by atoms with Gasteiger partial charge in [0.2, 0.25) is 0 Å². The second-order valence-electron chi connectivity index (χ2n) is 3.97. The molecule has 2 N–H and O–H groups in total. The maximum Gasteiger partial charge on any atom is 0.269 e. The van der Waals surface area contributed by atoms with Gasteiger partial charge in [0.15, 0.2) is 0 Å². The van der Waals surface area contributed by atoms with Crippen LogP contribution in [-0.2, 0) is 6.54 Å². The lowest BCUT2D eigenvalue weighted by molar-refractivity contribution is 0.625. The molecule has 0 spiro atoms. The molecule has 0 saturated carbocycles. The van der Waals surface area contributed by atoms with Crippen LogP contribution in [0.25, 0.3) is 0 Å². The molecule has 0 aliphatic carbocycles. The van der Waals surface area contributed by atoms with E-state index in [1.54, 1.807) is 12.3 Å². The predicted octanol–water partition coefficient (Wildman–Crippen LogP) is 0.572. The summed E-state index contributed by atoms with van der Waals surface area (Å²) in [5.41, 5.74) is 6.94. The number of nitrogens with two attached hydrogens (primary N) is 1. The first-order valence-electron chi connectivity index (χ1n) is 6.04. The molecule has 0 aliphatic rings. The zero-order valence-corrected chi connectivity index (χ0v) is 11.7. The molecule has 19 heavy (non-hydrogen) atoms. The summed E-state index contributed by atoms with van der Waals surface area (Å²) in [7, 11) is 0. The zero-order chi connectivity index (χ0) is 13.8. The van der Waals surface area contributed by atoms with Crippen LogP contribution in [0.2, 0.25) is 0 Å². The van der Waals surface area contributed by atoms with E-state index in [1.807, 2.05) is 13.8 Å². The third-order valence-electron chi connectivity index (χ3n) is 2.87. The van der Waals surface area contributed by atoms with E-state index in [4.69, 9.17) is 5.73 Å². The monoisotopic (exact) mass is 280 g/mol. The molecule has 2 heterocycles. The molecule has 7 nitrogen and oxygen atoms in total. The Balaban J connectivity index is 2.25. The molecule has 2 rings (SSSR count). The van der Waals surface area contributed by atoms with Crippen LogP contribution < -0.4 is 16.2 Å². The molecule has 0 aliphatic heterocycles. The van der Waals surface area contributed by atoms with Gasteiger partial charge in [0.25, 0.3) is 5.56 Å². The number of aromatic nitrogens is 4. The van der Waals surface area contributed by atoms with Crippen molar-refractivity contribution in [2.75, 3.05) is 23.7 Å². The van der Waals surface area contributed by atoms with E-state index in [9.17, 15) is 4.79 Å². The molecule has 8 heteroatoms. The molecule has 2 aromatic rings. The van der Waals surface area contributed by atoms with Crippen LogP contribution in [0.3, 0.4) is 0 Å². The first-order chi connectivity index (χ1) is 9.15. The molecule has 2 aromatic heterocycles. The first-order valence-corrected chi connectivity index (χ1v) is 6.81. The topological polar surface area (TPSA) is 89.9 Å². The van der Waals surface area contributed by atoms with Crippen LogP contribution in [0.4, 0.5) is 10.7 Å². The number of nitrogens with zero attached hydrogens (tertiary/aromatic N) is 5. The van der Waals surface area contributed by atoms with Crippen molar-refractivity contribution in [2.45, 2.75) is 20.4 Å². The van der Waals surface area contributed by atoms with Gasteiger partial charge in [0.1, 0.15) is 10.7 Å². The Bertz CT molecular complexity index is 603. The second kappa shape index (κ2) is 5.79. The molecule has 0 saturated heterocycles. The highest BCUT2D eigenvalue weighted by atomic mass is 32.1. The summed E-state index contributed by atoms with van der Waals surface area (Å²) in [6.07, 6.45) is 1.68. The SMILES string of the molecule is CCN(CC)c1cnn(Cc2nnsc2N)c(=O)c1. The lowest BCUT2D eigenvalue weighted by Crippen LogP contribution is -2.28. The summed E-state index contributed by atoms with van der Waals surface area (Å²) in [5.74, 6) is 0. The van der Waals surface area contributed by atoms with Crippen molar-refractivity contribution < 1.29 is 0 Å². The minimum absolute atomic E-state index is 0.170. The van der Waals surface area contributed by atoms with E-state index < -0.39 is 0 Å². The van der Waals surface area contributed by atoms with Gasteiger partial charge in [-0.1, -0.05) is 4.49 Å². The summed E-state index contributed by atoms with van der Waals surface area (Å²) in [6, 6.07) is 1.58. The van der Waals surface area contributed by atoms with E-state index >= 15 is 0 Å². The summed E-state index contributed by atoms with van der Waals surface area (Å²) in [6.45, 7) is 6.00. The van der Waals surface area contributed by atoms with Crippen molar-refractivity contribution in [1.29, 1.82) is 0 Å². The van der Waals surface area contributed by atoms with Crippen molar-refractivity contribution in [2.24, 2.45) is 0 Å². The van der Waals surface area contributed by atoms with E-state index in [0.717, 1.165) is 30.3 Å². The van der Waals surface area contributed by atoms with Gasteiger partial charge in [-0.05, 0) is 13.8 Å². The number of rotatable bonds is 5. The lowest BCUT2D eigenvalue weighted by atomic mass is 10.4. The Hall–Kier alpha value is -1.96. The third kappa shape index (κ3) is 2.90. The molecule has 0 fully saturated rings. The van der Waals surface area contributed by atoms with Gasteiger partial charge in [-0.15, -0.1) is 5.10 Å². The number of anilines is 2. The fourth-order valence-electron chi connectivity index (χ4n) is 1.77. The molecule has 0 atom stereocenters. The fourth-order valence-corrected chi connectivity index (χ4v) is 2.21. The largest absolute Gasteiger partial charge is 0.388 e. The van der Waals surface area contributed by atoms with Gasteiger partial charge in [0, 0.05) is 30.7 Å². The number of nitrogen functional groups attached to an aromatic ring is 1. The minimum atomic E-state index is -0.170. The van der Waals surface area contributed by atoms with Gasteiger partial charge in [-0.2, -0.15) is 5.10 Å². The first kappa shape index (κ1) is 13.5. The Kier molecular flexibility index (Phi) is 4.10. The Labute approximate surface area is 114 Å². The van der Waals surface area contributed by atoms with Crippen LogP contribution >= 0.6 is 11.5 Å². The van der Waals surface area contributed by atoms with Gasteiger partial charge in [-0.3, -0.25) is 4.79 Å². The molecular formula is C11H16N6OS. The predicted molar refractivity (Wildman–Crippen MR) is 75.5 cm³/mol. The standard InChI is InChI=1S/C11H16N6OS/c1-3-16(4-2)8-5-10(18)17(13-6-8)7-9-11(12)19-15-14-9/h5-6H,3-4,7,12H2,1-2H3. The van der Waals surface area contributed by atoms with Crippen LogP contribution in [0.5, 0.6) is 0 Å². The van der Waals surface area contributed by atoms with E-state index in [0.29, 0.717) is 10.7 Å². The summed E-state index contributed by atoms with van der Waals surface area (Å²) in [4.78, 5) is 14.1. The summed E-state index contributed by atoms with van der Waals surface area (Å²) >= 11 is 1.11. The highest BCUT2D eigenvalue weighted by Gasteiger charge is 2.09. The van der Waals surface area contributed by atoms with E-state index in [2.05, 4.69) is 19.6 Å². The lowest BCUT2D eigenvalue weighted by Gasteiger charge is -2.20. The number of hydrogen-bond acceptors (Lipinski definition) is 7. The van der Waals surface area contributed by atoms with Crippen LogP contribution in [-0.4, -0.2) is 32.5 Å². The maximum absolute atomic E-state index is 12.0. The second-order valence-corrected chi connectivity index (χ2v) is 4.75. The van der Waals surface area contributed by atoms with Crippen LogP contribution in [0, 0.1) is 0 Å². The molecule has 0 aromatic carbocycles. The minimum Gasteiger partial charge on any atom is -0.388 e. The molecule has 0 unspecified atom stereocenters. The van der Waals surface area contributed by atoms with Crippen molar-refractivity contribution >= 4 is 22.2 Å². The van der Waals surface area contributed by atoms with Gasteiger partial charge in [-0.25, -0.2) is 4.68 Å². The Morgan fingerprint density at radius 2 is 2.16 bits per heavy atom. The molecular weight excluding hydrogens is 264 g/mol. The smallest absolute Gasteiger partial charge is 0.269 e. The quantitative estimate of drug-likeness (QED) is 0.861. The van der Waals surface area contributed by atoms with E-state index in [1.165, 1.54) is 4.68 Å². The van der Waals surface area contributed by atoms with Gasteiger partial charge < -0.3 is 10.6 Å². The molecule has 0 radical (unpaired) electrons. The van der Waals surface area contributed by atoms with E-state index in [-0.39, 0.29) is 12.1 Å². The van der Waals surface area contributed by atoms with Crippen molar-refractivity contribution in [3.63, 3.8) is 0 Å². The number of hydrogen-bond donors (Lipinski definition) is 1. The van der Waals surface area contributed by atoms with Crippen molar-refractivity contribution in [1.82, 2.24) is 19.4 Å². The highest BCUT2D eigenvalue weighted by molar-refractivity contribution is 7.09.